The third-order valence-electron chi connectivity index (χ3n) is 2.62. The first-order valence-corrected chi connectivity index (χ1v) is 6.57. The number of benzene rings is 1. The maximum Gasteiger partial charge on any atom is 0.270 e. The summed E-state index contributed by atoms with van der Waals surface area (Å²) in [5.41, 5.74) is 6.90. The quantitative estimate of drug-likeness (QED) is 0.717. The van der Waals surface area contributed by atoms with Gasteiger partial charge in [-0.2, -0.15) is 11.3 Å². The SMILES string of the molecule is O=C(NNc1ncnc2ccccc12)c1ccsc1. The fraction of sp³-hybridized carbons (Fsp3) is 0. The van der Waals surface area contributed by atoms with Gasteiger partial charge in [-0.25, -0.2) is 9.97 Å². The van der Waals surface area contributed by atoms with Crippen LogP contribution >= 0.6 is 11.3 Å². The Morgan fingerprint density at radius 2 is 2.05 bits per heavy atom. The molecule has 0 radical (unpaired) electrons. The van der Waals surface area contributed by atoms with Crippen LogP contribution in [0.25, 0.3) is 10.9 Å². The first-order chi connectivity index (χ1) is 9.34. The standard InChI is InChI=1S/C13H10N4OS/c18-13(9-5-6-19-7-9)17-16-12-10-3-1-2-4-11(10)14-8-15-12/h1-8H,(H,17,18)(H,14,15,16). The van der Waals surface area contributed by atoms with Gasteiger partial charge in [0, 0.05) is 10.8 Å². The summed E-state index contributed by atoms with van der Waals surface area (Å²) < 4.78 is 0. The van der Waals surface area contributed by atoms with Crippen LogP contribution in [-0.4, -0.2) is 15.9 Å². The van der Waals surface area contributed by atoms with Crippen molar-refractivity contribution in [2.45, 2.75) is 0 Å². The lowest BCUT2D eigenvalue weighted by molar-refractivity contribution is 0.0963. The van der Waals surface area contributed by atoms with Gasteiger partial charge in [0.1, 0.15) is 6.33 Å². The number of hydrogen-bond donors (Lipinski definition) is 2. The summed E-state index contributed by atoms with van der Waals surface area (Å²) in [6.07, 6.45) is 1.46. The number of hydrazine groups is 1. The van der Waals surface area contributed by atoms with E-state index in [-0.39, 0.29) is 5.91 Å². The van der Waals surface area contributed by atoms with E-state index >= 15 is 0 Å². The predicted octanol–water partition coefficient (Wildman–Crippen LogP) is 2.45. The minimum Gasteiger partial charge on any atom is -0.281 e. The van der Waals surface area contributed by atoms with Crippen LogP contribution in [0, 0.1) is 0 Å². The Hall–Kier alpha value is -2.47. The smallest absolute Gasteiger partial charge is 0.270 e. The average Bonchev–Trinajstić information content (AvgIpc) is 2.99. The summed E-state index contributed by atoms with van der Waals surface area (Å²) in [6, 6.07) is 9.36. The normalized spacial score (nSPS) is 10.3. The summed E-state index contributed by atoms with van der Waals surface area (Å²) in [7, 11) is 0. The van der Waals surface area contributed by atoms with Crippen LogP contribution in [0.5, 0.6) is 0 Å². The molecule has 0 spiro atoms. The highest BCUT2D eigenvalue weighted by molar-refractivity contribution is 7.08. The molecule has 2 aromatic heterocycles. The van der Waals surface area contributed by atoms with E-state index in [0.717, 1.165) is 10.9 Å². The first kappa shape index (κ1) is 11.6. The number of aromatic nitrogens is 2. The summed E-state index contributed by atoms with van der Waals surface area (Å²) in [5, 5.41) is 4.50. The van der Waals surface area contributed by atoms with Crippen LogP contribution in [0.2, 0.25) is 0 Å². The van der Waals surface area contributed by atoms with Crippen LogP contribution in [0.3, 0.4) is 0 Å². The average molecular weight is 270 g/mol. The monoisotopic (exact) mass is 270 g/mol. The Labute approximate surface area is 113 Å². The minimum absolute atomic E-state index is 0.191. The molecule has 6 heteroatoms. The molecule has 1 aromatic carbocycles. The van der Waals surface area contributed by atoms with Gasteiger partial charge in [0.25, 0.3) is 5.91 Å². The topological polar surface area (TPSA) is 66.9 Å². The number of amides is 1. The van der Waals surface area contributed by atoms with Gasteiger partial charge in [-0.3, -0.25) is 15.6 Å². The zero-order valence-electron chi connectivity index (χ0n) is 9.83. The maximum atomic E-state index is 11.8. The molecule has 0 atom stereocenters. The predicted molar refractivity (Wildman–Crippen MR) is 74.9 cm³/mol. The Bertz CT molecular complexity index is 706. The molecule has 0 bridgehead atoms. The maximum absolute atomic E-state index is 11.8. The van der Waals surface area contributed by atoms with E-state index in [4.69, 9.17) is 0 Å². The first-order valence-electron chi connectivity index (χ1n) is 5.63. The zero-order chi connectivity index (χ0) is 13.1. The van der Waals surface area contributed by atoms with Gasteiger partial charge < -0.3 is 0 Å². The van der Waals surface area contributed by atoms with E-state index in [1.807, 2.05) is 29.6 Å². The Morgan fingerprint density at radius 1 is 1.16 bits per heavy atom. The second-order valence-corrected chi connectivity index (χ2v) is 4.61. The third-order valence-corrected chi connectivity index (χ3v) is 3.30. The van der Waals surface area contributed by atoms with Crippen molar-refractivity contribution in [1.29, 1.82) is 0 Å². The fourth-order valence-corrected chi connectivity index (χ4v) is 2.32. The van der Waals surface area contributed by atoms with Crippen LogP contribution < -0.4 is 10.9 Å². The van der Waals surface area contributed by atoms with Crippen molar-refractivity contribution in [2.75, 3.05) is 5.43 Å². The van der Waals surface area contributed by atoms with E-state index in [2.05, 4.69) is 20.8 Å². The summed E-state index contributed by atoms with van der Waals surface area (Å²) >= 11 is 1.48. The van der Waals surface area contributed by atoms with E-state index < -0.39 is 0 Å². The molecule has 2 heterocycles. The van der Waals surface area contributed by atoms with Crippen molar-refractivity contribution < 1.29 is 4.79 Å². The second-order valence-electron chi connectivity index (χ2n) is 3.83. The van der Waals surface area contributed by atoms with Crippen LogP contribution in [0.4, 0.5) is 5.82 Å². The number of anilines is 1. The third kappa shape index (κ3) is 2.38. The Kier molecular flexibility index (Phi) is 3.07. The Balaban J connectivity index is 1.81. The highest BCUT2D eigenvalue weighted by atomic mass is 32.1. The number of carbonyl (C=O) groups is 1. The van der Waals surface area contributed by atoms with Crippen LogP contribution in [-0.2, 0) is 0 Å². The lowest BCUT2D eigenvalue weighted by atomic mass is 10.2. The summed E-state index contributed by atoms with van der Waals surface area (Å²) in [4.78, 5) is 20.1. The van der Waals surface area contributed by atoms with Gasteiger partial charge >= 0.3 is 0 Å². The lowest BCUT2D eigenvalue weighted by Gasteiger charge is -2.08. The Morgan fingerprint density at radius 3 is 2.89 bits per heavy atom. The van der Waals surface area contributed by atoms with Crippen molar-refractivity contribution >= 4 is 34.0 Å². The fourth-order valence-electron chi connectivity index (χ4n) is 1.69. The number of hydrogen-bond acceptors (Lipinski definition) is 5. The van der Waals surface area contributed by atoms with E-state index in [9.17, 15) is 4.79 Å². The highest BCUT2D eigenvalue weighted by Crippen LogP contribution is 2.17. The number of nitrogens with zero attached hydrogens (tertiary/aromatic N) is 2. The highest BCUT2D eigenvalue weighted by Gasteiger charge is 2.07. The minimum atomic E-state index is -0.191. The largest absolute Gasteiger partial charge is 0.281 e. The summed E-state index contributed by atoms with van der Waals surface area (Å²) in [6.45, 7) is 0. The molecule has 0 aliphatic heterocycles. The molecule has 5 nitrogen and oxygen atoms in total. The molecule has 1 amide bonds. The molecule has 0 aliphatic carbocycles. The van der Waals surface area contributed by atoms with Gasteiger partial charge in [0.15, 0.2) is 5.82 Å². The zero-order valence-corrected chi connectivity index (χ0v) is 10.6. The van der Waals surface area contributed by atoms with E-state index in [0.29, 0.717) is 11.4 Å². The van der Waals surface area contributed by atoms with Crippen molar-refractivity contribution in [3.63, 3.8) is 0 Å². The number of nitrogens with one attached hydrogen (secondary N) is 2. The molecule has 2 N–H and O–H groups in total. The van der Waals surface area contributed by atoms with Gasteiger partial charge in [-0.1, -0.05) is 12.1 Å². The second kappa shape index (κ2) is 5.03. The van der Waals surface area contributed by atoms with Gasteiger partial charge in [-0.05, 0) is 23.6 Å². The lowest BCUT2D eigenvalue weighted by Crippen LogP contribution is -2.29. The van der Waals surface area contributed by atoms with Gasteiger partial charge in [0.05, 0.1) is 11.1 Å². The molecule has 0 saturated carbocycles. The number of fused-ring (bicyclic) bond motifs is 1. The molecule has 3 rings (SSSR count). The van der Waals surface area contributed by atoms with Gasteiger partial charge in [0.2, 0.25) is 0 Å². The van der Waals surface area contributed by atoms with Crippen molar-refractivity contribution in [1.82, 2.24) is 15.4 Å². The number of thiophene rings is 1. The van der Waals surface area contributed by atoms with Crippen molar-refractivity contribution in [2.24, 2.45) is 0 Å². The molecular formula is C13H10N4OS. The van der Waals surface area contributed by atoms with E-state index in [1.165, 1.54) is 17.7 Å². The number of para-hydroxylation sites is 1. The molecule has 0 aliphatic rings. The molecule has 0 unspecified atom stereocenters. The molecule has 19 heavy (non-hydrogen) atoms. The molecule has 0 saturated heterocycles. The molecule has 94 valence electrons. The molecule has 3 aromatic rings. The molecular weight excluding hydrogens is 260 g/mol. The van der Waals surface area contributed by atoms with Crippen LogP contribution in [0.1, 0.15) is 10.4 Å². The van der Waals surface area contributed by atoms with Crippen molar-refractivity contribution in [3.8, 4) is 0 Å². The van der Waals surface area contributed by atoms with Crippen molar-refractivity contribution in [3.05, 3.63) is 53.0 Å². The van der Waals surface area contributed by atoms with Gasteiger partial charge in [-0.15, -0.1) is 0 Å². The summed E-state index contributed by atoms with van der Waals surface area (Å²) in [5.74, 6) is 0.387. The molecule has 0 fully saturated rings. The number of rotatable bonds is 3. The van der Waals surface area contributed by atoms with E-state index in [1.54, 1.807) is 11.4 Å². The van der Waals surface area contributed by atoms with Crippen LogP contribution in [0.15, 0.2) is 47.4 Å². The number of carbonyl (C=O) groups excluding carboxylic acids is 1.